The summed E-state index contributed by atoms with van der Waals surface area (Å²) >= 11 is 1.82. The number of fused-ring (bicyclic) bond motifs is 1. The Hall–Kier alpha value is -0.450. The van der Waals surface area contributed by atoms with Gasteiger partial charge in [0, 0.05) is 18.0 Å². The summed E-state index contributed by atoms with van der Waals surface area (Å²) in [6.07, 6.45) is 9.45. The van der Waals surface area contributed by atoms with Crippen molar-refractivity contribution < 1.29 is 4.74 Å². The third kappa shape index (κ3) is 2.90. The second kappa shape index (κ2) is 5.64. The van der Waals surface area contributed by atoms with Crippen LogP contribution in [0.4, 0.5) is 0 Å². The summed E-state index contributed by atoms with van der Waals surface area (Å²) in [6.45, 7) is 4.60. The van der Waals surface area contributed by atoms with Gasteiger partial charge >= 0.3 is 0 Å². The minimum Gasteiger partial charge on any atom is -0.371 e. The normalized spacial score (nSPS) is 27.9. The molecule has 0 aromatic carbocycles. The number of hydrogen-bond acceptors (Lipinski definition) is 4. The first-order valence-electron chi connectivity index (χ1n) is 8.27. The molecule has 4 heteroatoms. The Morgan fingerprint density at radius 3 is 2.48 bits per heavy atom. The maximum Gasteiger partial charge on any atom is 0.125 e. The lowest BCUT2D eigenvalue weighted by Crippen LogP contribution is -2.29. The molecule has 2 aliphatic rings. The minimum atomic E-state index is -0.150. The van der Waals surface area contributed by atoms with Crippen LogP contribution >= 0.6 is 11.3 Å². The standard InChI is InChI=1S/C17H28N2OS/c1-16(2)10-12(18)14-13(11-16)19-15(21-14)17(20-3)8-6-4-5-7-9-17/h12H,4-11,18H2,1-3H3. The van der Waals surface area contributed by atoms with E-state index in [1.54, 1.807) is 0 Å². The van der Waals surface area contributed by atoms with Gasteiger partial charge in [0.05, 0.1) is 5.69 Å². The maximum atomic E-state index is 6.41. The van der Waals surface area contributed by atoms with E-state index in [4.69, 9.17) is 15.5 Å². The number of methoxy groups -OCH3 is 1. The van der Waals surface area contributed by atoms with Gasteiger partial charge in [-0.05, 0) is 31.1 Å². The van der Waals surface area contributed by atoms with Gasteiger partial charge in [-0.3, -0.25) is 0 Å². The van der Waals surface area contributed by atoms with Crippen LogP contribution in [0.1, 0.15) is 80.4 Å². The summed E-state index contributed by atoms with van der Waals surface area (Å²) in [7, 11) is 1.86. The van der Waals surface area contributed by atoms with Crippen LogP contribution in [-0.2, 0) is 16.8 Å². The van der Waals surface area contributed by atoms with E-state index in [1.165, 1.54) is 41.3 Å². The van der Waals surface area contributed by atoms with Crippen molar-refractivity contribution in [2.24, 2.45) is 11.1 Å². The fourth-order valence-corrected chi connectivity index (χ4v) is 5.30. The van der Waals surface area contributed by atoms with Crippen LogP contribution in [-0.4, -0.2) is 12.1 Å². The summed E-state index contributed by atoms with van der Waals surface area (Å²) in [5, 5.41) is 1.19. The number of nitrogens with zero attached hydrogens (tertiary/aromatic N) is 1. The molecule has 0 saturated heterocycles. The zero-order chi connectivity index (χ0) is 15.1. The average Bonchev–Trinajstić information content (AvgIpc) is 2.69. The monoisotopic (exact) mass is 308 g/mol. The Morgan fingerprint density at radius 1 is 1.19 bits per heavy atom. The van der Waals surface area contributed by atoms with Gasteiger partial charge in [0.15, 0.2) is 0 Å². The van der Waals surface area contributed by atoms with Crippen molar-refractivity contribution in [3.63, 3.8) is 0 Å². The van der Waals surface area contributed by atoms with Gasteiger partial charge in [0.25, 0.3) is 0 Å². The summed E-state index contributed by atoms with van der Waals surface area (Å²) in [6, 6.07) is 0.148. The molecule has 21 heavy (non-hydrogen) atoms. The first-order chi connectivity index (χ1) is 9.96. The highest BCUT2D eigenvalue weighted by Crippen LogP contribution is 2.47. The maximum absolute atomic E-state index is 6.41. The van der Waals surface area contributed by atoms with Crippen molar-refractivity contribution in [1.29, 1.82) is 0 Å². The van der Waals surface area contributed by atoms with Gasteiger partial charge in [-0.25, -0.2) is 4.98 Å². The summed E-state index contributed by atoms with van der Waals surface area (Å²) < 4.78 is 6.02. The van der Waals surface area contributed by atoms with Crippen LogP contribution in [0.2, 0.25) is 0 Å². The SMILES string of the molecule is COC1(c2nc3c(s2)C(N)CC(C)(C)C3)CCCCCC1. The number of hydrogen-bond donors (Lipinski definition) is 1. The zero-order valence-corrected chi connectivity index (χ0v) is 14.4. The van der Waals surface area contributed by atoms with E-state index in [0.717, 1.165) is 25.7 Å². The van der Waals surface area contributed by atoms with Gasteiger partial charge in [0.2, 0.25) is 0 Å². The summed E-state index contributed by atoms with van der Waals surface area (Å²) in [5.41, 5.74) is 7.76. The molecule has 0 aliphatic heterocycles. The fraction of sp³-hybridized carbons (Fsp3) is 0.824. The number of ether oxygens (including phenoxy) is 1. The smallest absolute Gasteiger partial charge is 0.125 e. The zero-order valence-electron chi connectivity index (χ0n) is 13.6. The molecule has 118 valence electrons. The molecule has 1 aromatic rings. The first kappa shape index (κ1) is 15.4. The molecule has 0 spiro atoms. The minimum absolute atomic E-state index is 0.148. The summed E-state index contributed by atoms with van der Waals surface area (Å²) in [4.78, 5) is 6.33. The molecule has 1 heterocycles. The molecule has 0 amide bonds. The summed E-state index contributed by atoms with van der Waals surface area (Å²) in [5.74, 6) is 0. The Balaban J connectivity index is 1.96. The molecule has 1 saturated carbocycles. The van der Waals surface area contributed by atoms with E-state index in [1.807, 2.05) is 18.4 Å². The van der Waals surface area contributed by atoms with E-state index >= 15 is 0 Å². The lowest BCUT2D eigenvalue weighted by atomic mass is 9.76. The number of aromatic nitrogens is 1. The number of thiazole rings is 1. The van der Waals surface area contributed by atoms with Crippen LogP contribution in [0.25, 0.3) is 0 Å². The second-order valence-corrected chi connectivity index (χ2v) is 8.62. The topological polar surface area (TPSA) is 48.1 Å². The van der Waals surface area contributed by atoms with Gasteiger partial charge in [-0.2, -0.15) is 0 Å². The van der Waals surface area contributed by atoms with Crippen LogP contribution in [0.5, 0.6) is 0 Å². The van der Waals surface area contributed by atoms with E-state index in [0.29, 0.717) is 0 Å². The highest BCUT2D eigenvalue weighted by Gasteiger charge is 2.40. The molecule has 1 aromatic heterocycles. The lowest BCUT2D eigenvalue weighted by Gasteiger charge is -2.32. The molecule has 2 aliphatic carbocycles. The van der Waals surface area contributed by atoms with Gasteiger partial charge in [0.1, 0.15) is 10.6 Å². The predicted octanol–water partition coefficient (Wildman–Crippen LogP) is 4.31. The van der Waals surface area contributed by atoms with Crippen LogP contribution < -0.4 is 5.73 Å². The van der Waals surface area contributed by atoms with Crippen LogP contribution in [0.3, 0.4) is 0 Å². The highest BCUT2D eigenvalue weighted by molar-refractivity contribution is 7.12. The Morgan fingerprint density at radius 2 is 1.86 bits per heavy atom. The number of rotatable bonds is 2. The molecule has 1 fully saturated rings. The van der Waals surface area contributed by atoms with Crippen molar-refractivity contribution in [2.45, 2.75) is 76.9 Å². The lowest BCUT2D eigenvalue weighted by molar-refractivity contribution is -0.0281. The molecular weight excluding hydrogens is 280 g/mol. The van der Waals surface area contributed by atoms with Gasteiger partial charge < -0.3 is 10.5 Å². The van der Waals surface area contributed by atoms with E-state index in [-0.39, 0.29) is 17.1 Å². The average molecular weight is 308 g/mol. The molecular formula is C17H28N2OS. The van der Waals surface area contributed by atoms with Gasteiger partial charge in [-0.1, -0.05) is 39.5 Å². The Bertz CT molecular complexity index is 501. The molecule has 1 atom stereocenters. The first-order valence-corrected chi connectivity index (χ1v) is 9.08. The Labute approximate surface area is 132 Å². The van der Waals surface area contributed by atoms with E-state index < -0.39 is 0 Å². The number of nitrogens with two attached hydrogens (primary N) is 1. The van der Waals surface area contributed by atoms with Crippen molar-refractivity contribution in [2.75, 3.05) is 7.11 Å². The molecule has 3 rings (SSSR count). The van der Waals surface area contributed by atoms with Crippen LogP contribution in [0.15, 0.2) is 0 Å². The van der Waals surface area contributed by atoms with Crippen molar-refractivity contribution >= 4 is 11.3 Å². The molecule has 3 nitrogen and oxygen atoms in total. The molecule has 0 bridgehead atoms. The fourth-order valence-electron chi connectivity index (χ4n) is 3.99. The van der Waals surface area contributed by atoms with Crippen molar-refractivity contribution in [3.8, 4) is 0 Å². The third-order valence-corrected chi connectivity index (χ3v) is 6.59. The van der Waals surface area contributed by atoms with Crippen molar-refractivity contribution in [3.05, 3.63) is 15.6 Å². The molecule has 1 unspecified atom stereocenters. The highest BCUT2D eigenvalue weighted by atomic mass is 32.1. The second-order valence-electron chi connectivity index (χ2n) is 7.59. The Kier molecular flexibility index (Phi) is 4.15. The quantitative estimate of drug-likeness (QED) is 0.828. The molecule has 0 radical (unpaired) electrons. The van der Waals surface area contributed by atoms with Gasteiger partial charge in [-0.15, -0.1) is 11.3 Å². The van der Waals surface area contributed by atoms with E-state index in [9.17, 15) is 0 Å². The molecule has 2 N–H and O–H groups in total. The van der Waals surface area contributed by atoms with E-state index in [2.05, 4.69) is 13.8 Å². The predicted molar refractivity (Wildman–Crippen MR) is 87.5 cm³/mol. The third-order valence-electron chi connectivity index (χ3n) is 5.17. The van der Waals surface area contributed by atoms with Crippen LogP contribution in [0, 0.1) is 5.41 Å². The van der Waals surface area contributed by atoms with Crippen molar-refractivity contribution in [1.82, 2.24) is 4.98 Å². The largest absolute Gasteiger partial charge is 0.371 e.